The van der Waals surface area contributed by atoms with Gasteiger partial charge in [-0.25, -0.2) is 4.79 Å². The van der Waals surface area contributed by atoms with Crippen molar-refractivity contribution in [3.8, 4) is 5.75 Å². The lowest BCUT2D eigenvalue weighted by molar-refractivity contribution is -0.192. The number of carbonyl (C=O) groups is 2. The molecule has 0 saturated carbocycles. The van der Waals surface area contributed by atoms with Crippen LogP contribution in [0.2, 0.25) is 0 Å². The number of carboxylic acids is 1. The number of alkyl halides is 3. The number of hydrogen-bond donors (Lipinski definition) is 1. The van der Waals surface area contributed by atoms with E-state index in [1.807, 2.05) is 35.2 Å². The third kappa shape index (κ3) is 7.18. The number of carboxylic acid groups (broad SMARTS) is 1. The molecule has 2 aliphatic heterocycles. The van der Waals surface area contributed by atoms with Crippen molar-refractivity contribution >= 4 is 11.9 Å². The van der Waals surface area contributed by atoms with E-state index >= 15 is 0 Å². The second kappa shape index (κ2) is 10.7. The van der Waals surface area contributed by atoms with Crippen molar-refractivity contribution in [2.75, 3.05) is 19.7 Å². The number of ether oxygens (including phenoxy) is 2. The van der Waals surface area contributed by atoms with Crippen molar-refractivity contribution in [2.24, 2.45) is 0 Å². The fourth-order valence-corrected chi connectivity index (χ4v) is 3.88. The number of nitrogens with zero attached hydrogens (tertiary/aromatic N) is 2. The van der Waals surface area contributed by atoms with Crippen molar-refractivity contribution in [2.45, 2.75) is 43.6 Å². The van der Waals surface area contributed by atoms with Crippen molar-refractivity contribution < 1.29 is 37.3 Å². The summed E-state index contributed by atoms with van der Waals surface area (Å²) in [5.74, 6) is -1.77. The molecule has 1 N–H and O–H groups in total. The smallest absolute Gasteiger partial charge is 0.486 e. The molecule has 1 spiro atoms. The Hall–Kier alpha value is -3.14. The van der Waals surface area contributed by atoms with Gasteiger partial charge in [0.05, 0.1) is 18.4 Å². The highest BCUT2D eigenvalue weighted by atomic mass is 19.4. The number of rotatable bonds is 5. The second-order valence-corrected chi connectivity index (χ2v) is 7.98. The van der Waals surface area contributed by atoms with Gasteiger partial charge < -0.3 is 19.5 Å². The Bertz CT molecular complexity index is 927. The predicted octanol–water partition coefficient (Wildman–Crippen LogP) is 3.49. The summed E-state index contributed by atoms with van der Waals surface area (Å²) in [6, 6.07) is 13.9. The van der Waals surface area contributed by atoms with Crippen LogP contribution in [0.4, 0.5) is 13.2 Å². The van der Waals surface area contributed by atoms with Crippen LogP contribution < -0.4 is 4.74 Å². The quantitative estimate of drug-likeness (QED) is 0.726. The fourth-order valence-electron chi connectivity index (χ4n) is 3.88. The normalized spacial score (nSPS) is 22.0. The summed E-state index contributed by atoms with van der Waals surface area (Å²) < 4.78 is 43.8. The molecule has 2 fully saturated rings. The standard InChI is InChI=1S/C21H24N2O3.C2HF3O2/c24-20(9-8-17-5-2-1-3-6-17)23-12-10-21(16-23)13-19(15-25-21)26-18-7-4-11-22-14-18;3-2(4,5)1(6)7/h1-7,11,14,19H,8-10,12-13,15-16H2;(H,6,7)/t19-,21+;/m1./s1. The molecule has 3 heterocycles. The molecule has 4 rings (SSSR count). The summed E-state index contributed by atoms with van der Waals surface area (Å²) in [7, 11) is 0. The molecule has 2 aromatic rings. The molecule has 1 amide bonds. The lowest BCUT2D eigenvalue weighted by Crippen LogP contribution is -2.36. The fraction of sp³-hybridized carbons (Fsp3) is 0.435. The van der Waals surface area contributed by atoms with Crippen molar-refractivity contribution in [3.63, 3.8) is 0 Å². The molecule has 0 unspecified atom stereocenters. The highest BCUT2D eigenvalue weighted by Gasteiger charge is 2.47. The number of halogens is 3. The first-order valence-corrected chi connectivity index (χ1v) is 10.5. The van der Waals surface area contributed by atoms with Gasteiger partial charge in [0.1, 0.15) is 11.9 Å². The van der Waals surface area contributed by atoms with Gasteiger partial charge in [-0.3, -0.25) is 9.78 Å². The molecular weight excluding hydrogens is 441 g/mol. The Morgan fingerprint density at radius 2 is 1.94 bits per heavy atom. The summed E-state index contributed by atoms with van der Waals surface area (Å²) >= 11 is 0. The monoisotopic (exact) mass is 466 g/mol. The lowest BCUT2D eigenvalue weighted by atomic mass is 9.98. The van der Waals surface area contributed by atoms with Gasteiger partial charge in [0.25, 0.3) is 0 Å². The number of aromatic nitrogens is 1. The third-order valence-electron chi connectivity index (χ3n) is 5.49. The van der Waals surface area contributed by atoms with Crippen LogP contribution in [0.15, 0.2) is 54.9 Å². The summed E-state index contributed by atoms with van der Waals surface area (Å²) in [4.78, 5) is 27.5. The number of benzene rings is 1. The van der Waals surface area contributed by atoms with Crippen LogP contribution in [0, 0.1) is 0 Å². The predicted molar refractivity (Wildman–Crippen MR) is 112 cm³/mol. The van der Waals surface area contributed by atoms with Gasteiger partial charge in [0.15, 0.2) is 0 Å². The summed E-state index contributed by atoms with van der Waals surface area (Å²) in [5.41, 5.74) is 0.965. The molecular formula is C23H25F3N2O5. The molecule has 2 atom stereocenters. The van der Waals surface area contributed by atoms with E-state index in [1.165, 1.54) is 5.56 Å². The van der Waals surface area contributed by atoms with Gasteiger partial charge in [0, 0.05) is 32.1 Å². The van der Waals surface area contributed by atoms with Crippen molar-refractivity contribution in [1.82, 2.24) is 9.88 Å². The van der Waals surface area contributed by atoms with Gasteiger partial charge in [-0.2, -0.15) is 13.2 Å². The Labute approximate surface area is 189 Å². The Morgan fingerprint density at radius 3 is 2.58 bits per heavy atom. The van der Waals surface area contributed by atoms with Crippen LogP contribution in [0.3, 0.4) is 0 Å². The van der Waals surface area contributed by atoms with E-state index in [9.17, 15) is 18.0 Å². The van der Waals surface area contributed by atoms with E-state index in [4.69, 9.17) is 19.4 Å². The maximum absolute atomic E-state index is 12.6. The summed E-state index contributed by atoms with van der Waals surface area (Å²) in [6.07, 6.45) is 1.45. The molecule has 7 nitrogen and oxygen atoms in total. The van der Waals surface area contributed by atoms with E-state index < -0.39 is 12.1 Å². The highest BCUT2D eigenvalue weighted by Crippen LogP contribution is 2.36. The van der Waals surface area contributed by atoms with Crippen molar-refractivity contribution in [1.29, 1.82) is 0 Å². The first-order chi connectivity index (χ1) is 15.7. The van der Waals surface area contributed by atoms with Crippen LogP contribution in [0.1, 0.15) is 24.8 Å². The minimum absolute atomic E-state index is 0.0265. The molecule has 1 aromatic carbocycles. The molecule has 2 aliphatic rings. The average Bonchev–Trinajstić information content (AvgIpc) is 3.39. The Kier molecular flexibility index (Phi) is 7.91. The highest BCUT2D eigenvalue weighted by molar-refractivity contribution is 5.77. The van der Waals surface area contributed by atoms with E-state index in [-0.39, 0.29) is 17.6 Å². The zero-order valence-corrected chi connectivity index (χ0v) is 17.8. The molecule has 0 aliphatic carbocycles. The molecule has 33 heavy (non-hydrogen) atoms. The molecule has 0 radical (unpaired) electrons. The van der Waals surface area contributed by atoms with Crippen molar-refractivity contribution in [3.05, 3.63) is 60.4 Å². The first-order valence-electron chi connectivity index (χ1n) is 10.5. The van der Waals surface area contributed by atoms with Gasteiger partial charge >= 0.3 is 12.1 Å². The van der Waals surface area contributed by atoms with E-state index in [1.54, 1.807) is 12.4 Å². The minimum Gasteiger partial charge on any atom is -0.486 e. The first kappa shape index (κ1) is 24.5. The average molecular weight is 466 g/mol. The SMILES string of the molecule is O=C(CCc1ccccc1)N1CC[C@]2(C[C@@H](Oc3cccnc3)CO2)C1.O=C(O)C(F)(F)F. The van der Waals surface area contributed by atoms with Gasteiger partial charge in [0.2, 0.25) is 5.91 Å². The molecule has 178 valence electrons. The van der Waals surface area contributed by atoms with E-state index in [0.717, 1.165) is 31.6 Å². The number of aryl methyl sites for hydroxylation is 1. The topological polar surface area (TPSA) is 89.0 Å². The number of carbonyl (C=O) groups excluding carboxylic acids is 1. The summed E-state index contributed by atoms with van der Waals surface area (Å²) in [6.45, 7) is 2.02. The molecule has 10 heteroatoms. The van der Waals surface area contributed by atoms with Gasteiger partial charge in [-0.05, 0) is 30.5 Å². The summed E-state index contributed by atoms with van der Waals surface area (Å²) in [5, 5.41) is 7.12. The maximum atomic E-state index is 12.6. The molecule has 2 saturated heterocycles. The Balaban J connectivity index is 0.000000383. The third-order valence-corrected chi connectivity index (χ3v) is 5.49. The second-order valence-electron chi connectivity index (χ2n) is 7.98. The maximum Gasteiger partial charge on any atom is 0.490 e. The largest absolute Gasteiger partial charge is 0.490 e. The van der Waals surface area contributed by atoms with Gasteiger partial charge in [-0.1, -0.05) is 30.3 Å². The zero-order valence-electron chi connectivity index (χ0n) is 17.8. The number of aliphatic carboxylic acids is 1. The van der Waals surface area contributed by atoms with Crippen LogP contribution in [0.25, 0.3) is 0 Å². The van der Waals surface area contributed by atoms with Gasteiger partial charge in [-0.15, -0.1) is 0 Å². The Morgan fingerprint density at radius 1 is 1.21 bits per heavy atom. The number of likely N-dealkylation sites (tertiary alicyclic amines) is 1. The van der Waals surface area contributed by atoms with Crippen LogP contribution in [-0.2, 0) is 20.7 Å². The van der Waals surface area contributed by atoms with Crippen LogP contribution in [-0.4, -0.2) is 64.4 Å². The van der Waals surface area contributed by atoms with Crippen LogP contribution in [0.5, 0.6) is 5.75 Å². The lowest BCUT2D eigenvalue weighted by Gasteiger charge is -2.23. The van der Waals surface area contributed by atoms with E-state index in [2.05, 4.69) is 17.1 Å². The number of amides is 1. The molecule has 1 aromatic heterocycles. The zero-order chi connectivity index (χ0) is 23.9. The minimum atomic E-state index is -5.08. The van der Waals surface area contributed by atoms with E-state index in [0.29, 0.717) is 19.6 Å². The molecule has 0 bridgehead atoms. The number of hydrogen-bond acceptors (Lipinski definition) is 5. The van der Waals surface area contributed by atoms with Crippen LogP contribution >= 0.6 is 0 Å². The number of pyridine rings is 1.